The van der Waals surface area contributed by atoms with Gasteiger partial charge >= 0.3 is 0 Å². The van der Waals surface area contributed by atoms with Crippen molar-refractivity contribution in [2.24, 2.45) is 0 Å². The minimum atomic E-state index is -3.55. The number of benzene rings is 3. The normalized spacial score (nSPS) is 15.2. The number of H-pyrrole nitrogens is 1. The summed E-state index contributed by atoms with van der Waals surface area (Å²) in [7, 11) is -3.55. The van der Waals surface area contributed by atoms with Gasteiger partial charge in [0, 0.05) is 24.2 Å². The van der Waals surface area contributed by atoms with Gasteiger partial charge in [0.25, 0.3) is 5.91 Å². The molecule has 174 valence electrons. The van der Waals surface area contributed by atoms with Gasteiger partial charge in [0.15, 0.2) is 0 Å². The van der Waals surface area contributed by atoms with Crippen LogP contribution in [0.25, 0.3) is 22.4 Å². The summed E-state index contributed by atoms with van der Waals surface area (Å²) in [5, 5.41) is 2.94. The highest BCUT2D eigenvalue weighted by molar-refractivity contribution is 7.89. The Morgan fingerprint density at radius 2 is 1.53 bits per heavy atom. The molecule has 2 heterocycles. The molecule has 2 N–H and O–H groups in total. The van der Waals surface area contributed by atoms with Crippen molar-refractivity contribution in [1.29, 1.82) is 0 Å². The van der Waals surface area contributed by atoms with Crippen LogP contribution in [0, 0.1) is 0 Å². The van der Waals surface area contributed by atoms with E-state index in [1.54, 1.807) is 16.4 Å². The Hall–Kier alpha value is -3.49. The van der Waals surface area contributed by atoms with E-state index in [9.17, 15) is 13.2 Å². The lowest BCUT2D eigenvalue weighted by Crippen LogP contribution is -2.31. The summed E-state index contributed by atoms with van der Waals surface area (Å²) in [6.45, 7) is 1.09. The number of amides is 1. The molecule has 5 rings (SSSR count). The molecule has 0 saturated carbocycles. The van der Waals surface area contributed by atoms with Crippen molar-refractivity contribution < 1.29 is 13.2 Å². The fourth-order valence-corrected chi connectivity index (χ4v) is 5.80. The third-order valence-electron chi connectivity index (χ3n) is 6.14. The number of hydrogen-bond acceptors (Lipinski definition) is 4. The topological polar surface area (TPSA) is 95.2 Å². The number of nitrogens with zero attached hydrogens (tertiary/aromatic N) is 2. The number of hydrogen-bond donors (Lipinski definition) is 2. The first-order chi connectivity index (χ1) is 16.5. The largest absolute Gasteiger partial charge is 0.338 e. The summed E-state index contributed by atoms with van der Waals surface area (Å²) >= 11 is 0. The highest BCUT2D eigenvalue weighted by Gasteiger charge is 2.25. The van der Waals surface area contributed by atoms with Crippen LogP contribution in [0.5, 0.6) is 0 Å². The Kier molecular flexibility index (Phi) is 6.17. The number of nitrogens with one attached hydrogen (secondary N) is 2. The van der Waals surface area contributed by atoms with Gasteiger partial charge in [0.2, 0.25) is 10.0 Å². The molecule has 8 heteroatoms. The van der Waals surface area contributed by atoms with Gasteiger partial charge < -0.3 is 10.3 Å². The van der Waals surface area contributed by atoms with Crippen molar-refractivity contribution in [2.45, 2.75) is 30.6 Å². The number of imidazole rings is 1. The lowest BCUT2D eigenvalue weighted by Gasteiger charge is -2.20. The van der Waals surface area contributed by atoms with Crippen LogP contribution in [0.4, 0.5) is 5.69 Å². The van der Waals surface area contributed by atoms with Crippen LogP contribution >= 0.6 is 0 Å². The zero-order valence-electron chi connectivity index (χ0n) is 18.7. The predicted molar refractivity (Wildman–Crippen MR) is 133 cm³/mol. The molecule has 0 spiro atoms. The number of carbonyl (C=O) groups is 1. The highest BCUT2D eigenvalue weighted by Crippen LogP contribution is 2.28. The smallest absolute Gasteiger partial charge is 0.255 e. The molecule has 0 unspecified atom stereocenters. The van der Waals surface area contributed by atoms with E-state index in [1.165, 1.54) is 12.1 Å². The molecule has 1 aliphatic rings. The van der Waals surface area contributed by atoms with Gasteiger partial charge in [-0.1, -0.05) is 37.1 Å². The van der Waals surface area contributed by atoms with Gasteiger partial charge in [-0.05, 0) is 61.4 Å². The summed E-state index contributed by atoms with van der Waals surface area (Å²) < 4.78 is 27.6. The van der Waals surface area contributed by atoms with Crippen molar-refractivity contribution in [3.8, 4) is 11.4 Å². The zero-order valence-corrected chi connectivity index (χ0v) is 19.5. The average Bonchev–Trinajstić information content (AvgIpc) is 3.09. The van der Waals surface area contributed by atoms with Gasteiger partial charge in [0.05, 0.1) is 21.6 Å². The molecule has 1 aliphatic heterocycles. The third kappa shape index (κ3) is 4.47. The van der Waals surface area contributed by atoms with Crippen molar-refractivity contribution in [1.82, 2.24) is 14.3 Å². The Bertz CT molecular complexity index is 1390. The number of aromatic nitrogens is 2. The summed E-state index contributed by atoms with van der Waals surface area (Å²) in [5.41, 5.74) is 3.54. The number of carbonyl (C=O) groups excluding carboxylic acids is 1. The van der Waals surface area contributed by atoms with E-state index >= 15 is 0 Å². The number of para-hydroxylation sites is 3. The number of aromatic amines is 1. The molecule has 1 aromatic heterocycles. The number of sulfonamides is 1. The Balaban J connectivity index is 1.36. The average molecular weight is 475 g/mol. The Morgan fingerprint density at radius 1 is 0.853 bits per heavy atom. The molecule has 0 radical (unpaired) electrons. The van der Waals surface area contributed by atoms with Crippen molar-refractivity contribution in [2.75, 3.05) is 18.4 Å². The van der Waals surface area contributed by atoms with Crippen molar-refractivity contribution in [3.05, 3.63) is 78.4 Å². The maximum atomic E-state index is 13.0. The van der Waals surface area contributed by atoms with Crippen LogP contribution in [-0.2, 0) is 10.0 Å². The molecule has 1 saturated heterocycles. The second kappa shape index (κ2) is 9.40. The number of anilines is 1. The summed E-state index contributed by atoms with van der Waals surface area (Å²) in [4.78, 5) is 21.1. The van der Waals surface area contributed by atoms with Crippen LogP contribution in [0.1, 0.15) is 36.0 Å². The molecular formula is C26H26N4O3S. The van der Waals surface area contributed by atoms with Gasteiger partial charge in [0.1, 0.15) is 5.82 Å². The Labute approximate surface area is 198 Å². The first kappa shape index (κ1) is 22.3. The van der Waals surface area contributed by atoms with E-state index in [0.717, 1.165) is 42.3 Å². The van der Waals surface area contributed by atoms with Gasteiger partial charge in [-0.25, -0.2) is 13.4 Å². The van der Waals surface area contributed by atoms with Crippen LogP contribution in [0.15, 0.2) is 77.7 Å². The van der Waals surface area contributed by atoms with Crippen LogP contribution < -0.4 is 5.32 Å². The lowest BCUT2D eigenvalue weighted by atomic mass is 10.1. The fourth-order valence-electron chi connectivity index (χ4n) is 4.28. The molecule has 1 fully saturated rings. The molecule has 3 aromatic carbocycles. The van der Waals surface area contributed by atoms with Crippen LogP contribution in [-0.4, -0.2) is 41.7 Å². The van der Waals surface area contributed by atoms with E-state index in [4.69, 9.17) is 0 Å². The monoisotopic (exact) mass is 474 g/mol. The molecule has 34 heavy (non-hydrogen) atoms. The number of rotatable bonds is 5. The van der Waals surface area contributed by atoms with Gasteiger partial charge in [-0.15, -0.1) is 0 Å². The molecule has 1 amide bonds. The van der Waals surface area contributed by atoms with Gasteiger partial charge in [-0.3, -0.25) is 4.79 Å². The van der Waals surface area contributed by atoms with E-state index in [2.05, 4.69) is 15.3 Å². The van der Waals surface area contributed by atoms with E-state index in [0.29, 0.717) is 30.2 Å². The molecular weight excluding hydrogens is 448 g/mol. The molecule has 0 atom stereocenters. The summed E-state index contributed by atoms with van der Waals surface area (Å²) in [5.74, 6) is 0.346. The molecule has 0 aliphatic carbocycles. The summed E-state index contributed by atoms with van der Waals surface area (Å²) in [6, 6.07) is 21.3. The van der Waals surface area contributed by atoms with E-state index in [1.807, 2.05) is 48.5 Å². The van der Waals surface area contributed by atoms with E-state index in [-0.39, 0.29) is 10.8 Å². The fraction of sp³-hybridized carbons (Fsp3) is 0.231. The first-order valence-electron chi connectivity index (χ1n) is 11.5. The molecule has 0 bridgehead atoms. The lowest BCUT2D eigenvalue weighted by molar-refractivity contribution is 0.102. The maximum absolute atomic E-state index is 13.0. The van der Waals surface area contributed by atoms with Gasteiger partial charge in [-0.2, -0.15) is 4.31 Å². The van der Waals surface area contributed by atoms with Crippen molar-refractivity contribution >= 4 is 32.7 Å². The second-order valence-corrected chi connectivity index (χ2v) is 10.4. The standard InChI is InChI=1S/C26H26N4O3S/c31-26(19-13-15-20(16-14-19)34(32,33)30-17-7-1-2-8-18-30)29-22-10-4-3-9-21(22)25-27-23-11-5-6-12-24(23)28-25/h3-6,9-16H,1-2,7-8,17-18H2,(H,27,28)(H,29,31). The maximum Gasteiger partial charge on any atom is 0.255 e. The Morgan fingerprint density at radius 3 is 2.26 bits per heavy atom. The second-order valence-electron chi connectivity index (χ2n) is 8.44. The molecule has 4 aromatic rings. The zero-order chi connectivity index (χ0) is 23.5. The van der Waals surface area contributed by atoms with Crippen LogP contribution in [0.3, 0.4) is 0 Å². The van der Waals surface area contributed by atoms with Crippen LogP contribution in [0.2, 0.25) is 0 Å². The minimum absolute atomic E-state index is 0.216. The number of fused-ring (bicyclic) bond motifs is 1. The highest BCUT2D eigenvalue weighted by atomic mass is 32.2. The molecule has 7 nitrogen and oxygen atoms in total. The van der Waals surface area contributed by atoms with E-state index < -0.39 is 10.0 Å². The summed E-state index contributed by atoms with van der Waals surface area (Å²) in [6.07, 6.45) is 3.87. The van der Waals surface area contributed by atoms with Crippen molar-refractivity contribution in [3.63, 3.8) is 0 Å². The predicted octanol–water partition coefficient (Wildman–Crippen LogP) is 5.05. The SMILES string of the molecule is O=C(Nc1ccccc1-c1nc2ccccc2[nH]1)c1ccc(S(=O)(=O)N2CCCCCC2)cc1. The minimum Gasteiger partial charge on any atom is -0.338 e. The third-order valence-corrected chi connectivity index (χ3v) is 8.05. The quantitative estimate of drug-likeness (QED) is 0.423. The first-order valence-corrected chi connectivity index (χ1v) is 12.9.